The number of carbonyl (C=O) groups is 1. The predicted molar refractivity (Wildman–Crippen MR) is 60.6 cm³/mol. The van der Waals surface area contributed by atoms with Crippen molar-refractivity contribution in [3.63, 3.8) is 0 Å². The van der Waals surface area contributed by atoms with Crippen LogP contribution >= 0.6 is 11.3 Å². The SMILES string of the molecule is Cc1ccc(C(=O)CN2CCOCC2)s1. The first-order chi connectivity index (χ1) is 7.25. The molecule has 1 aliphatic rings. The van der Waals surface area contributed by atoms with Gasteiger partial charge in [0.15, 0.2) is 5.78 Å². The van der Waals surface area contributed by atoms with E-state index in [0.29, 0.717) is 6.54 Å². The molecular formula is C11H15NO2S. The molecule has 82 valence electrons. The molecule has 3 nitrogen and oxygen atoms in total. The van der Waals surface area contributed by atoms with Crippen LogP contribution in [-0.4, -0.2) is 43.5 Å². The van der Waals surface area contributed by atoms with E-state index < -0.39 is 0 Å². The Kier molecular flexibility index (Phi) is 3.51. The molecule has 15 heavy (non-hydrogen) atoms. The summed E-state index contributed by atoms with van der Waals surface area (Å²) in [5.41, 5.74) is 0. The fraction of sp³-hybridized carbons (Fsp3) is 0.545. The lowest BCUT2D eigenvalue weighted by Gasteiger charge is -2.25. The molecule has 0 N–H and O–H groups in total. The number of nitrogens with zero attached hydrogens (tertiary/aromatic N) is 1. The third-order valence-corrected chi connectivity index (χ3v) is 3.53. The summed E-state index contributed by atoms with van der Waals surface area (Å²) in [6.45, 7) is 5.79. The zero-order valence-corrected chi connectivity index (χ0v) is 9.68. The Morgan fingerprint density at radius 3 is 2.80 bits per heavy atom. The zero-order valence-electron chi connectivity index (χ0n) is 8.86. The first-order valence-corrected chi connectivity index (χ1v) is 5.97. The molecule has 0 atom stereocenters. The molecule has 0 bridgehead atoms. The van der Waals surface area contributed by atoms with Crippen molar-refractivity contribution in [3.05, 3.63) is 21.9 Å². The quantitative estimate of drug-likeness (QED) is 0.731. The van der Waals surface area contributed by atoms with Gasteiger partial charge < -0.3 is 4.74 Å². The number of ketones is 1. The monoisotopic (exact) mass is 225 g/mol. The molecule has 0 aliphatic carbocycles. The molecule has 1 aromatic rings. The van der Waals surface area contributed by atoms with Gasteiger partial charge in [0.1, 0.15) is 0 Å². The predicted octanol–water partition coefficient (Wildman–Crippen LogP) is 1.57. The van der Waals surface area contributed by atoms with Gasteiger partial charge in [-0.05, 0) is 19.1 Å². The minimum absolute atomic E-state index is 0.231. The molecule has 2 heterocycles. The number of Topliss-reactive ketones (excluding diaryl/α,β-unsaturated/α-hetero) is 1. The summed E-state index contributed by atoms with van der Waals surface area (Å²) in [7, 11) is 0. The van der Waals surface area contributed by atoms with Crippen molar-refractivity contribution in [1.82, 2.24) is 4.90 Å². The Hall–Kier alpha value is -0.710. The molecule has 1 fully saturated rings. The second kappa shape index (κ2) is 4.88. The summed E-state index contributed by atoms with van der Waals surface area (Å²) in [6.07, 6.45) is 0. The number of morpholine rings is 1. The van der Waals surface area contributed by atoms with Crippen molar-refractivity contribution in [1.29, 1.82) is 0 Å². The van der Waals surface area contributed by atoms with E-state index in [-0.39, 0.29) is 5.78 Å². The van der Waals surface area contributed by atoms with Crippen molar-refractivity contribution in [2.24, 2.45) is 0 Å². The Bertz CT molecular complexity index is 342. The standard InChI is InChI=1S/C11H15NO2S/c1-9-2-3-11(15-9)10(13)8-12-4-6-14-7-5-12/h2-3H,4-8H2,1H3. The van der Waals surface area contributed by atoms with E-state index in [1.807, 2.05) is 19.1 Å². The van der Waals surface area contributed by atoms with Crippen LogP contribution in [0.4, 0.5) is 0 Å². The highest BCUT2D eigenvalue weighted by atomic mass is 32.1. The van der Waals surface area contributed by atoms with Gasteiger partial charge in [0.25, 0.3) is 0 Å². The third-order valence-electron chi connectivity index (χ3n) is 2.49. The van der Waals surface area contributed by atoms with E-state index in [1.54, 1.807) is 11.3 Å². The fourth-order valence-electron chi connectivity index (χ4n) is 1.62. The highest BCUT2D eigenvalue weighted by Crippen LogP contribution is 2.16. The lowest BCUT2D eigenvalue weighted by atomic mass is 10.3. The summed E-state index contributed by atoms with van der Waals surface area (Å²) < 4.78 is 5.24. The van der Waals surface area contributed by atoms with Gasteiger partial charge >= 0.3 is 0 Å². The van der Waals surface area contributed by atoms with Crippen LogP contribution in [0.15, 0.2) is 12.1 Å². The van der Waals surface area contributed by atoms with Crippen LogP contribution in [0.25, 0.3) is 0 Å². The van der Waals surface area contributed by atoms with Crippen LogP contribution < -0.4 is 0 Å². The third kappa shape index (κ3) is 2.87. The Balaban J connectivity index is 1.91. The first kappa shape index (κ1) is 10.8. The van der Waals surface area contributed by atoms with Gasteiger partial charge in [0, 0.05) is 18.0 Å². The summed E-state index contributed by atoms with van der Waals surface area (Å²) in [4.78, 5) is 16.1. The minimum Gasteiger partial charge on any atom is -0.379 e. The summed E-state index contributed by atoms with van der Waals surface area (Å²) >= 11 is 1.58. The molecule has 0 saturated carbocycles. The molecular weight excluding hydrogens is 210 g/mol. The molecule has 4 heteroatoms. The van der Waals surface area contributed by atoms with Gasteiger partial charge in [-0.2, -0.15) is 0 Å². The molecule has 0 aromatic carbocycles. The lowest BCUT2D eigenvalue weighted by molar-refractivity contribution is 0.0372. The molecule has 1 aliphatic heterocycles. The van der Waals surface area contributed by atoms with Gasteiger partial charge in [-0.25, -0.2) is 0 Å². The number of rotatable bonds is 3. The van der Waals surface area contributed by atoms with Gasteiger partial charge in [-0.15, -0.1) is 11.3 Å². The molecule has 0 spiro atoms. The number of ether oxygens (including phenoxy) is 1. The molecule has 0 radical (unpaired) electrons. The smallest absolute Gasteiger partial charge is 0.186 e. The Morgan fingerprint density at radius 2 is 2.20 bits per heavy atom. The van der Waals surface area contributed by atoms with Gasteiger partial charge in [0.05, 0.1) is 24.6 Å². The van der Waals surface area contributed by atoms with Gasteiger partial charge in [-0.3, -0.25) is 9.69 Å². The number of hydrogen-bond donors (Lipinski definition) is 0. The molecule has 2 rings (SSSR count). The van der Waals surface area contributed by atoms with Crippen LogP contribution in [0.5, 0.6) is 0 Å². The van der Waals surface area contributed by atoms with E-state index in [0.717, 1.165) is 31.2 Å². The minimum atomic E-state index is 0.231. The molecule has 1 aromatic heterocycles. The second-order valence-electron chi connectivity index (χ2n) is 3.72. The van der Waals surface area contributed by atoms with Crippen LogP contribution in [0, 0.1) is 6.92 Å². The van der Waals surface area contributed by atoms with Crippen molar-refractivity contribution in [2.75, 3.05) is 32.8 Å². The summed E-state index contributed by atoms with van der Waals surface area (Å²) in [5.74, 6) is 0.231. The molecule has 1 saturated heterocycles. The molecule has 0 unspecified atom stereocenters. The van der Waals surface area contributed by atoms with E-state index in [9.17, 15) is 4.79 Å². The maximum absolute atomic E-state index is 11.9. The van der Waals surface area contributed by atoms with Gasteiger partial charge in [-0.1, -0.05) is 0 Å². The van der Waals surface area contributed by atoms with Crippen LogP contribution in [0.3, 0.4) is 0 Å². The summed E-state index contributed by atoms with van der Waals surface area (Å²) in [5, 5.41) is 0. The van der Waals surface area contributed by atoms with E-state index >= 15 is 0 Å². The zero-order chi connectivity index (χ0) is 10.7. The molecule has 0 amide bonds. The number of carbonyl (C=O) groups excluding carboxylic acids is 1. The summed E-state index contributed by atoms with van der Waals surface area (Å²) in [6, 6.07) is 3.92. The average molecular weight is 225 g/mol. The van der Waals surface area contributed by atoms with Crippen molar-refractivity contribution in [3.8, 4) is 0 Å². The average Bonchev–Trinajstić information content (AvgIpc) is 2.66. The number of hydrogen-bond acceptors (Lipinski definition) is 4. The second-order valence-corrected chi connectivity index (χ2v) is 5.01. The van der Waals surface area contributed by atoms with E-state index in [2.05, 4.69) is 4.90 Å². The Labute approximate surface area is 93.7 Å². The van der Waals surface area contributed by atoms with E-state index in [1.165, 1.54) is 4.88 Å². The van der Waals surface area contributed by atoms with Crippen molar-refractivity contribution < 1.29 is 9.53 Å². The van der Waals surface area contributed by atoms with Crippen LogP contribution in [-0.2, 0) is 4.74 Å². The highest BCUT2D eigenvalue weighted by molar-refractivity contribution is 7.14. The maximum atomic E-state index is 11.9. The fourth-order valence-corrected chi connectivity index (χ4v) is 2.42. The van der Waals surface area contributed by atoms with Crippen LogP contribution in [0.1, 0.15) is 14.5 Å². The number of thiophene rings is 1. The first-order valence-electron chi connectivity index (χ1n) is 5.15. The van der Waals surface area contributed by atoms with Crippen molar-refractivity contribution in [2.45, 2.75) is 6.92 Å². The lowest BCUT2D eigenvalue weighted by Crippen LogP contribution is -2.39. The normalized spacial score (nSPS) is 17.9. The highest BCUT2D eigenvalue weighted by Gasteiger charge is 2.16. The maximum Gasteiger partial charge on any atom is 0.186 e. The van der Waals surface area contributed by atoms with Crippen molar-refractivity contribution >= 4 is 17.1 Å². The topological polar surface area (TPSA) is 29.5 Å². The largest absolute Gasteiger partial charge is 0.379 e. The Morgan fingerprint density at radius 1 is 1.47 bits per heavy atom. The van der Waals surface area contributed by atoms with Crippen LogP contribution in [0.2, 0.25) is 0 Å². The van der Waals surface area contributed by atoms with Gasteiger partial charge in [0.2, 0.25) is 0 Å². The number of aryl methyl sites for hydroxylation is 1. The van der Waals surface area contributed by atoms with E-state index in [4.69, 9.17) is 4.74 Å².